The lowest BCUT2D eigenvalue weighted by Gasteiger charge is -2.10. The topological polar surface area (TPSA) is 63.3 Å². The van der Waals surface area contributed by atoms with Crippen LogP contribution in [0.25, 0.3) is 0 Å². The van der Waals surface area contributed by atoms with Gasteiger partial charge in [0, 0.05) is 6.42 Å². The maximum atomic E-state index is 10.2. The summed E-state index contributed by atoms with van der Waals surface area (Å²) in [4.78, 5) is 10.2. The molecule has 0 aliphatic heterocycles. The number of aliphatic hydroxyl groups is 1. The van der Waals surface area contributed by atoms with E-state index in [2.05, 4.69) is 0 Å². The van der Waals surface area contributed by atoms with Crippen molar-refractivity contribution in [2.24, 2.45) is 11.7 Å². The molecule has 0 spiro atoms. The molecule has 0 bridgehead atoms. The van der Waals surface area contributed by atoms with Crippen molar-refractivity contribution in [3.05, 3.63) is 0 Å². The number of rotatable bonds is 3. The lowest BCUT2D eigenvalue weighted by Crippen LogP contribution is -2.21. The first-order valence-corrected chi connectivity index (χ1v) is 3.00. The molecule has 0 radical (unpaired) electrons. The lowest BCUT2D eigenvalue weighted by atomic mass is 10.0. The van der Waals surface area contributed by atoms with Gasteiger partial charge in [0.1, 0.15) is 0 Å². The molecular formula is C6H13NO2. The number of carbonyl (C=O) groups excluding carboxylic acids is 1. The largest absolute Gasteiger partial charge is 0.393 e. The second-order valence-corrected chi connectivity index (χ2v) is 2.39. The highest BCUT2D eigenvalue weighted by molar-refractivity contribution is 5.73. The van der Waals surface area contributed by atoms with Crippen LogP contribution in [0.2, 0.25) is 0 Å². The van der Waals surface area contributed by atoms with E-state index in [1.54, 1.807) is 13.8 Å². The van der Waals surface area contributed by atoms with Crippen molar-refractivity contribution in [1.82, 2.24) is 0 Å². The number of primary amides is 1. The van der Waals surface area contributed by atoms with E-state index in [0.717, 1.165) is 0 Å². The Morgan fingerprint density at radius 3 is 2.22 bits per heavy atom. The van der Waals surface area contributed by atoms with Gasteiger partial charge < -0.3 is 10.8 Å². The molecule has 0 aromatic rings. The number of hydrogen-bond acceptors (Lipinski definition) is 2. The molecule has 2 unspecified atom stereocenters. The molecule has 54 valence electrons. The summed E-state index contributed by atoms with van der Waals surface area (Å²) in [5.74, 6) is -0.383. The summed E-state index contributed by atoms with van der Waals surface area (Å²) >= 11 is 0. The first-order chi connectivity index (χ1) is 4.04. The van der Waals surface area contributed by atoms with Gasteiger partial charge in [-0.3, -0.25) is 4.79 Å². The molecule has 9 heavy (non-hydrogen) atoms. The van der Waals surface area contributed by atoms with Crippen LogP contribution in [0.4, 0.5) is 0 Å². The second-order valence-electron chi connectivity index (χ2n) is 2.39. The number of aliphatic hydroxyl groups excluding tert-OH is 1. The van der Waals surface area contributed by atoms with Crippen LogP contribution in [0.3, 0.4) is 0 Å². The van der Waals surface area contributed by atoms with Crippen molar-refractivity contribution in [3.8, 4) is 0 Å². The molecular weight excluding hydrogens is 118 g/mol. The predicted octanol–water partition coefficient (Wildman–Crippen LogP) is -0.121. The van der Waals surface area contributed by atoms with Crippen molar-refractivity contribution < 1.29 is 9.90 Å². The zero-order valence-electron chi connectivity index (χ0n) is 5.79. The summed E-state index contributed by atoms with van der Waals surface area (Å²) in [5.41, 5.74) is 4.88. The molecule has 0 saturated heterocycles. The summed E-state index contributed by atoms with van der Waals surface area (Å²) < 4.78 is 0. The number of amides is 1. The van der Waals surface area contributed by atoms with E-state index >= 15 is 0 Å². The summed E-state index contributed by atoms with van der Waals surface area (Å²) in [6.07, 6.45) is -0.185. The molecule has 0 fully saturated rings. The normalized spacial score (nSPS) is 16.8. The van der Waals surface area contributed by atoms with Crippen LogP contribution in [0.1, 0.15) is 20.3 Å². The van der Waals surface area contributed by atoms with Crippen LogP contribution in [0.15, 0.2) is 0 Å². The summed E-state index contributed by atoms with van der Waals surface area (Å²) in [6, 6.07) is 0. The Hall–Kier alpha value is -0.570. The fraction of sp³-hybridized carbons (Fsp3) is 0.833. The van der Waals surface area contributed by atoms with Crippen LogP contribution in [-0.2, 0) is 4.79 Å². The molecule has 0 saturated carbocycles. The number of hydrogen-bond donors (Lipinski definition) is 2. The van der Waals surface area contributed by atoms with Gasteiger partial charge in [0.05, 0.1) is 6.10 Å². The highest BCUT2D eigenvalue weighted by Gasteiger charge is 2.10. The molecule has 0 aromatic heterocycles. The van der Waals surface area contributed by atoms with Gasteiger partial charge in [-0.2, -0.15) is 0 Å². The zero-order valence-corrected chi connectivity index (χ0v) is 5.79. The Morgan fingerprint density at radius 1 is 1.67 bits per heavy atom. The maximum Gasteiger partial charge on any atom is 0.217 e. The molecule has 0 heterocycles. The van der Waals surface area contributed by atoms with Crippen molar-refractivity contribution in [1.29, 1.82) is 0 Å². The van der Waals surface area contributed by atoms with E-state index in [-0.39, 0.29) is 18.2 Å². The Morgan fingerprint density at radius 2 is 2.11 bits per heavy atom. The van der Waals surface area contributed by atoms with Crippen molar-refractivity contribution in [2.45, 2.75) is 26.4 Å². The van der Waals surface area contributed by atoms with E-state index < -0.39 is 6.10 Å². The zero-order chi connectivity index (χ0) is 7.44. The van der Waals surface area contributed by atoms with E-state index in [0.29, 0.717) is 0 Å². The first-order valence-electron chi connectivity index (χ1n) is 3.00. The van der Waals surface area contributed by atoms with Gasteiger partial charge in [0.2, 0.25) is 5.91 Å². The van der Waals surface area contributed by atoms with Gasteiger partial charge in [-0.05, 0) is 12.8 Å². The maximum absolute atomic E-state index is 10.2. The van der Waals surface area contributed by atoms with Gasteiger partial charge >= 0.3 is 0 Å². The van der Waals surface area contributed by atoms with E-state index in [4.69, 9.17) is 10.8 Å². The van der Waals surface area contributed by atoms with Gasteiger partial charge in [-0.25, -0.2) is 0 Å². The van der Waals surface area contributed by atoms with E-state index in [1.807, 2.05) is 0 Å². The monoisotopic (exact) mass is 131 g/mol. The third-order valence-electron chi connectivity index (χ3n) is 1.35. The first kappa shape index (κ1) is 8.43. The van der Waals surface area contributed by atoms with Crippen LogP contribution in [0, 0.1) is 5.92 Å². The van der Waals surface area contributed by atoms with Gasteiger partial charge in [-0.1, -0.05) is 6.92 Å². The van der Waals surface area contributed by atoms with Crippen LogP contribution in [-0.4, -0.2) is 17.1 Å². The van der Waals surface area contributed by atoms with E-state index in [9.17, 15) is 4.79 Å². The molecule has 3 heteroatoms. The molecule has 1 amide bonds. The molecule has 0 aliphatic rings. The van der Waals surface area contributed by atoms with Crippen LogP contribution >= 0.6 is 0 Å². The third kappa shape index (κ3) is 3.97. The molecule has 0 rings (SSSR count). The highest BCUT2D eigenvalue weighted by Crippen LogP contribution is 2.05. The van der Waals surface area contributed by atoms with Gasteiger partial charge in [0.15, 0.2) is 0 Å². The van der Waals surface area contributed by atoms with Crippen LogP contribution < -0.4 is 5.73 Å². The summed E-state index contributed by atoms with van der Waals surface area (Å²) in [5, 5.41) is 8.86. The van der Waals surface area contributed by atoms with Crippen molar-refractivity contribution >= 4 is 5.91 Å². The minimum atomic E-state index is -0.447. The summed E-state index contributed by atoms with van der Waals surface area (Å²) in [7, 11) is 0. The Balaban J connectivity index is 3.50. The molecule has 3 nitrogen and oxygen atoms in total. The minimum Gasteiger partial charge on any atom is -0.393 e. The highest BCUT2D eigenvalue weighted by atomic mass is 16.3. The fourth-order valence-corrected chi connectivity index (χ4v) is 0.488. The smallest absolute Gasteiger partial charge is 0.217 e. The number of carbonyl (C=O) groups is 1. The quantitative estimate of drug-likeness (QED) is 0.560. The van der Waals surface area contributed by atoms with Crippen molar-refractivity contribution in [2.75, 3.05) is 0 Å². The lowest BCUT2D eigenvalue weighted by molar-refractivity contribution is -0.119. The standard InChI is InChI=1S/C6H13NO2/c1-4(5(2)8)3-6(7)9/h4-5,8H,3H2,1-2H3,(H2,7,9). The number of nitrogens with two attached hydrogens (primary N) is 1. The second kappa shape index (κ2) is 3.45. The average Bonchev–Trinajstić information content (AvgIpc) is 1.63. The predicted molar refractivity (Wildman–Crippen MR) is 34.7 cm³/mol. The molecule has 2 atom stereocenters. The van der Waals surface area contributed by atoms with Crippen molar-refractivity contribution in [3.63, 3.8) is 0 Å². The average molecular weight is 131 g/mol. The Kier molecular flexibility index (Phi) is 3.24. The molecule has 3 N–H and O–H groups in total. The van der Waals surface area contributed by atoms with Crippen LogP contribution in [0.5, 0.6) is 0 Å². The van der Waals surface area contributed by atoms with Gasteiger partial charge in [0.25, 0.3) is 0 Å². The van der Waals surface area contributed by atoms with Gasteiger partial charge in [-0.15, -0.1) is 0 Å². The minimum absolute atomic E-state index is 0.0255. The Labute approximate surface area is 54.9 Å². The molecule has 0 aliphatic carbocycles. The third-order valence-corrected chi connectivity index (χ3v) is 1.35. The summed E-state index contributed by atoms with van der Waals surface area (Å²) in [6.45, 7) is 3.43. The fourth-order valence-electron chi connectivity index (χ4n) is 0.488. The Bertz CT molecular complexity index is 101. The SMILES string of the molecule is CC(O)C(C)CC(N)=O. The van der Waals surface area contributed by atoms with E-state index in [1.165, 1.54) is 0 Å². The molecule has 0 aromatic carbocycles.